The molecule has 4 N–H and O–H groups in total. The summed E-state index contributed by atoms with van der Waals surface area (Å²) in [4.78, 5) is 54.6. The van der Waals surface area contributed by atoms with Gasteiger partial charge in [-0.15, -0.1) is 5.10 Å². The molecule has 6 heterocycles. The second-order valence-corrected chi connectivity index (χ2v) is 40.5. The van der Waals surface area contributed by atoms with Gasteiger partial charge in [-0.25, -0.2) is 4.68 Å². The molecule has 0 saturated heterocycles. The molecule has 12 aliphatic rings. The van der Waals surface area contributed by atoms with Crippen LogP contribution in [0.2, 0.25) is 0 Å². The van der Waals surface area contributed by atoms with Crippen LogP contribution < -0.4 is 0 Å². The molecular formula is C88H128BrN11O6. The summed E-state index contributed by atoms with van der Waals surface area (Å²) in [5, 5.41) is 58.2. The molecule has 27 atom stereocenters. The van der Waals surface area contributed by atoms with E-state index >= 15 is 0 Å². The van der Waals surface area contributed by atoms with Crippen LogP contribution in [-0.4, -0.2) is 110 Å². The average molecular weight is 1520 g/mol. The van der Waals surface area contributed by atoms with Crippen LogP contribution in [0.5, 0.6) is 0 Å². The number of ketones is 3. The minimum absolute atomic E-state index is 0.0798. The molecule has 6 aromatic rings. The van der Waals surface area contributed by atoms with Gasteiger partial charge in [0.25, 0.3) is 0 Å². The number of halogens is 1. The maximum Gasteiger partial charge on any atom is 0.160 e. The van der Waals surface area contributed by atoms with Crippen molar-refractivity contribution in [2.75, 3.05) is 5.33 Å². The molecule has 0 aromatic carbocycles. The average Bonchev–Trinajstić information content (AvgIpc) is 1.45. The number of nitrogens with one attached hydrogen (secondary N) is 1. The van der Waals surface area contributed by atoms with Crippen molar-refractivity contribution in [2.45, 2.75) is 286 Å². The van der Waals surface area contributed by atoms with Crippen molar-refractivity contribution >= 4 is 66.2 Å². The van der Waals surface area contributed by atoms with Crippen LogP contribution in [0.4, 0.5) is 0 Å². The predicted molar refractivity (Wildman–Crippen MR) is 418 cm³/mol. The van der Waals surface area contributed by atoms with Gasteiger partial charge in [-0.1, -0.05) is 103 Å². The summed E-state index contributed by atoms with van der Waals surface area (Å²) < 4.78 is 1.76. The number of hydrogen-bond donors (Lipinski definition) is 4. The number of pyridine rings is 3. The molecule has 0 aliphatic heterocycles. The molecule has 0 spiro atoms. The molecule has 578 valence electrons. The zero-order chi connectivity index (χ0) is 74.9. The third-order valence-electron chi connectivity index (χ3n) is 34.5. The second kappa shape index (κ2) is 28.7. The summed E-state index contributed by atoms with van der Waals surface area (Å²) >= 11 is 3.48. The largest absolute Gasteiger partial charge is 0.390 e. The van der Waals surface area contributed by atoms with E-state index in [2.05, 4.69) is 131 Å². The van der Waals surface area contributed by atoms with E-state index in [-0.39, 0.29) is 40.5 Å². The zero-order valence-electron chi connectivity index (χ0n) is 66.3. The molecule has 18 rings (SSSR count). The van der Waals surface area contributed by atoms with E-state index in [0.717, 1.165) is 158 Å². The molecule has 0 amide bonds. The SMILES string of the molecule is CC[C@@H]1C[C@H]2[C@@H]3CC[C@H]4C[C@](C)(O)CC[C@]4(C)[C@H]3CC[C@]2(C)[C@H]1C(=O)CBr.CC[C@@H]1C[C@H]2[C@@H]3CC[C@H]4C[C@](C)(O)CC[C@]4(C)[C@H]3CC[C@]2(C)[C@H]1C(=O)Cn1nc2ccncc2n1.CC[C@@H]1C[C@H]2[C@@H]3CC[C@H]4C[C@](C)(O)CC[C@]4(C)[C@H]3CC[C@]2(C)[C@H]1C(=O)Cn1nnc2ccncc21.c1cc2cn[nH]c2cn1. The Morgan fingerprint density at radius 1 is 0.462 bits per heavy atom. The lowest BCUT2D eigenvalue weighted by Crippen LogP contribution is -2.55. The van der Waals surface area contributed by atoms with Gasteiger partial charge in [-0.05, 0) is 314 Å². The van der Waals surface area contributed by atoms with Crippen LogP contribution in [0.1, 0.15) is 256 Å². The lowest BCUT2D eigenvalue weighted by Gasteiger charge is -2.61. The topological polar surface area (TPSA) is 241 Å². The quantitative estimate of drug-likeness (QED) is 0.0883. The van der Waals surface area contributed by atoms with Crippen molar-refractivity contribution in [3.8, 4) is 0 Å². The van der Waals surface area contributed by atoms with Gasteiger partial charge in [0.05, 0.1) is 52.4 Å². The number of carbonyl (C=O) groups excluding carboxylic acids is 3. The first-order valence-corrected chi connectivity index (χ1v) is 43.4. The van der Waals surface area contributed by atoms with Gasteiger partial charge in [0, 0.05) is 41.7 Å². The number of H-pyrrole nitrogens is 1. The Hall–Kier alpha value is -4.91. The summed E-state index contributed by atoms with van der Waals surface area (Å²) in [5.41, 5.74) is 4.24. The molecule has 106 heavy (non-hydrogen) atoms. The van der Waals surface area contributed by atoms with Crippen LogP contribution in [0.15, 0.2) is 61.6 Å². The number of aliphatic hydroxyl groups is 3. The molecule has 12 fully saturated rings. The van der Waals surface area contributed by atoms with E-state index in [4.69, 9.17) is 0 Å². The van der Waals surface area contributed by atoms with E-state index in [1.807, 2.05) is 32.0 Å². The highest BCUT2D eigenvalue weighted by atomic mass is 79.9. The number of aromatic nitrogens is 11. The Labute approximate surface area is 639 Å². The first-order chi connectivity index (χ1) is 50.4. The molecule has 0 bridgehead atoms. The fourth-order valence-corrected chi connectivity index (χ4v) is 29.4. The normalized spacial score (nSPS) is 44.6. The predicted octanol–water partition coefficient (Wildman–Crippen LogP) is 17.8. The van der Waals surface area contributed by atoms with E-state index in [0.29, 0.717) is 92.8 Å². The number of hydrogen-bond acceptors (Lipinski definition) is 14. The number of alkyl halides is 1. The summed E-state index contributed by atoms with van der Waals surface area (Å²) in [5.74, 6) is 11.6. The molecule has 0 unspecified atom stereocenters. The Morgan fingerprint density at radius 3 is 1.32 bits per heavy atom. The van der Waals surface area contributed by atoms with Gasteiger partial charge in [0.15, 0.2) is 11.6 Å². The minimum atomic E-state index is -0.487. The van der Waals surface area contributed by atoms with Crippen molar-refractivity contribution in [2.24, 2.45) is 139 Å². The Bertz CT molecular complexity index is 4100. The molecule has 12 aliphatic carbocycles. The van der Waals surface area contributed by atoms with Gasteiger partial charge in [0.1, 0.15) is 40.9 Å². The monoisotopic (exact) mass is 1510 g/mol. The number of fused-ring (bicyclic) bond motifs is 18. The molecule has 12 saturated carbocycles. The second-order valence-electron chi connectivity index (χ2n) is 39.9. The molecule has 6 aromatic heterocycles. The lowest BCUT2D eigenvalue weighted by molar-refractivity contribution is -0.151. The Kier molecular flexibility index (Phi) is 20.7. The summed E-state index contributed by atoms with van der Waals surface area (Å²) in [7, 11) is 0. The van der Waals surface area contributed by atoms with Gasteiger partial charge < -0.3 is 15.3 Å². The van der Waals surface area contributed by atoms with Gasteiger partial charge >= 0.3 is 0 Å². The summed E-state index contributed by atoms with van der Waals surface area (Å²) in [6.45, 7) is 28.6. The maximum atomic E-state index is 14.0. The third-order valence-corrected chi connectivity index (χ3v) is 35.1. The fourth-order valence-electron chi connectivity index (χ4n) is 29.1. The standard InChI is InChI=1S/2C29H42N4O2.C24H39BrO2.C6H5N3/c1-5-18-14-22-20-7-6-19-15-27(2,35)11-12-28(19,3)21(20)8-10-29(22,4)26(18)25(34)17-33-24-16-30-13-9-23(24)31-32-33;1-5-18-14-22-20-7-6-19-15-27(2,35)11-12-28(19,3)21(20)8-10-29(22,4)26(18)25(34)17-33-31-23-9-13-30-16-24(23)32-33;1-5-15-12-19-17-7-6-16-13-22(2,27)10-11-23(16,3)18(17)8-9-24(19,4)21(15)20(26)14-25;1-2-7-4-6-5(1)3-8-9-6/h2*9,13,16,18-22,26,35H,5-8,10-12,14-15,17H2,1-4H3;15-19,21,27H,5-14H2,1-4H3;1-4H,(H,8,9)/t2*18-,19+,20-,21+,22+,26-,27-,28+,29+;15-,16+,17-,18+,19+,21-,22-,23+,24+;/m111./s1. The minimum Gasteiger partial charge on any atom is -0.390 e. The first-order valence-electron chi connectivity index (χ1n) is 42.3. The van der Waals surface area contributed by atoms with Crippen LogP contribution in [-0.2, 0) is 27.5 Å². The first kappa shape index (κ1) is 76.5. The Morgan fingerprint density at radius 2 is 0.877 bits per heavy atom. The summed E-state index contributed by atoms with van der Waals surface area (Å²) in [6.07, 6.45) is 43.4. The smallest absolute Gasteiger partial charge is 0.160 e. The molecule has 17 nitrogen and oxygen atoms in total. The van der Waals surface area contributed by atoms with Crippen LogP contribution in [0.3, 0.4) is 0 Å². The van der Waals surface area contributed by atoms with E-state index in [9.17, 15) is 29.7 Å². The summed E-state index contributed by atoms with van der Waals surface area (Å²) in [6, 6.07) is 5.63. The maximum absolute atomic E-state index is 14.0. The number of Topliss-reactive ketones (excluding diaryl/α,β-unsaturated/α-hetero) is 3. The Balaban J connectivity index is 0.000000121. The van der Waals surface area contributed by atoms with E-state index in [1.165, 1.54) is 89.9 Å². The van der Waals surface area contributed by atoms with Gasteiger partial charge in [0.2, 0.25) is 0 Å². The van der Waals surface area contributed by atoms with Crippen molar-refractivity contribution < 1.29 is 29.7 Å². The van der Waals surface area contributed by atoms with Gasteiger partial charge in [-0.2, -0.15) is 20.1 Å². The van der Waals surface area contributed by atoms with Crippen LogP contribution >= 0.6 is 15.9 Å². The van der Waals surface area contributed by atoms with E-state index < -0.39 is 16.8 Å². The van der Waals surface area contributed by atoms with Crippen molar-refractivity contribution in [3.05, 3.63) is 61.6 Å². The fraction of sp³-hybridized carbons (Fsp3) is 0.784. The number of carbonyl (C=O) groups is 3. The van der Waals surface area contributed by atoms with Crippen molar-refractivity contribution in [1.82, 2.24) is 55.1 Å². The van der Waals surface area contributed by atoms with E-state index in [1.54, 1.807) is 52.9 Å². The highest BCUT2D eigenvalue weighted by Gasteiger charge is 2.68. The molecule has 0 radical (unpaired) electrons. The zero-order valence-corrected chi connectivity index (χ0v) is 67.9. The van der Waals surface area contributed by atoms with Crippen molar-refractivity contribution in [3.63, 3.8) is 0 Å². The van der Waals surface area contributed by atoms with Crippen LogP contribution in [0, 0.1) is 139 Å². The lowest BCUT2D eigenvalue weighted by atomic mass is 9.44. The number of aromatic amines is 1. The van der Waals surface area contributed by atoms with Crippen LogP contribution in [0.25, 0.3) is 33.0 Å². The number of nitrogens with zero attached hydrogens (tertiary/aromatic N) is 10. The highest BCUT2D eigenvalue weighted by Crippen LogP contribution is 2.73. The highest BCUT2D eigenvalue weighted by molar-refractivity contribution is 9.09. The molecular weight excluding hydrogens is 1390 g/mol. The number of rotatable bonds is 11. The third kappa shape index (κ3) is 13.3. The molecule has 18 heteroatoms. The van der Waals surface area contributed by atoms with Gasteiger partial charge in [-0.3, -0.25) is 34.4 Å². The van der Waals surface area contributed by atoms with Crippen molar-refractivity contribution in [1.29, 1.82) is 0 Å².